The van der Waals surface area contributed by atoms with Gasteiger partial charge in [-0.3, -0.25) is 0 Å². The highest BCUT2D eigenvalue weighted by Crippen LogP contribution is 2.77. The lowest BCUT2D eigenvalue weighted by Gasteiger charge is -2.67. The van der Waals surface area contributed by atoms with E-state index in [-0.39, 0.29) is 13.0 Å². The van der Waals surface area contributed by atoms with Crippen molar-refractivity contribution in [1.82, 2.24) is 0 Å². The number of aliphatic hydroxyl groups is 5. The molecule has 3 aliphatic carbocycles. The average molecular weight is 480 g/mol. The Morgan fingerprint density at radius 2 is 1.82 bits per heavy atom. The van der Waals surface area contributed by atoms with Crippen LogP contribution in [0.1, 0.15) is 23.7 Å². The molecule has 1 aromatic rings. The van der Waals surface area contributed by atoms with Crippen LogP contribution in [0.2, 0.25) is 0 Å². The molecule has 186 valence electrons. The zero-order chi connectivity index (χ0) is 24.0. The second-order valence-corrected chi connectivity index (χ2v) is 10.1. The summed E-state index contributed by atoms with van der Waals surface area (Å²) in [6.07, 6.45) is -7.95. The van der Waals surface area contributed by atoms with Gasteiger partial charge >= 0.3 is 5.97 Å². The Morgan fingerprint density at radius 3 is 2.50 bits per heavy atom. The number of ether oxygens (including phenoxy) is 5. The van der Waals surface area contributed by atoms with Crippen LogP contribution in [0, 0.1) is 17.8 Å². The Hall–Kier alpha value is -1.67. The molecule has 12 atom stereocenters. The van der Waals surface area contributed by atoms with Gasteiger partial charge in [0.15, 0.2) is 18.4 Å². The maximum atomic E-state index is 12.6. The smallest absolute Gasteiger partial charge is 0.338 e. The van der Waals surface area contributed by atoms with Gasteiger partial charge in [-0.2, -0.15) is 0 Å². The summed E-state index contributed by atoms with van der Waals surface area (Å²) in [5.74, 6) is -3.43. The minimum absolute atomic E-state index is 0.0955. The van der Waals surface area contributed by atoms with Crippen LogP contribution >= 0.6 is 0 Å². The molecule has 34 heavy (non-hydrogen) atoms. The van der Waals surface area contributed by atoms with E-state index in [9.17, 15) is 30.3 Å². The molecule has 0 spiro atoms. The predicted octanol–water partition coefficient (Wildman–Crippen LogP) is -1.50. The topological polar surface area (TPSA) is 164 Å². The SMILES string of the molecule is C[C@]12C[C@]3(O)O[C@@H](O1)[C@H]1[C@@H]3[C@@H](COC(=O)c3ccccc3)[C@]12O[C@@H]1O[C@@H](CO)[C@H](O)[C@@H](O)[C@@H]1O. The minimum Gasteiger partial charge on any atom is -0.462 e. The van der Waals surface area contributed by atoms with Gasteiger partial charge in [-0.25, -0.2) is 4.79 Å². The molecule has 0 unspecified atom stereocenters. The summed E-state index contributed by atoms with van der Waals surface area (Å²) in [6.45, 7) is 1.06. The van der Waals surface area contributed by atoms with Gasteiger partial charge in [-0.1, -0.05) is 18.2 Å². The molecule has 6 bridgehead atoms. The Labute approximate surface area is 194 Å². The van der Waals surface area contributed by atoms with Gasteiger partial charge in [0.2, 0.25) is 0 Å². The van der Waals surface area contributed by atoms with Crippen molar-refractivity contribution in [3.8, 4) is 0 Å². The second-order valence-electron chi connectivity index (χ2n) is 10.1. The molecule has 5 N–H and O–H groups in total. The number of hydrogen-bond acceptors (Lipinski definition) is 11. The molecule has 0 amide bonds. The van der Waals surface area contributed by atoms with Gasteiger partial charge in [0, 0.05) is 18.3 Å². The van der Waals surface area contributed by atoms with Crippen LogP contribution < -0.4 is 0 Å². The fraction of sp³-hybridized carbons (Fsp3) is 0.696. The molecule has 11 heteroatoms. The summed E-state index contributed by atoms with van der Waals surface area (Å²) in [7, 11) is 0. The van der Waals surface area contributed by atoms with E-state index >= 15 is 0 Å². The van der Waals surface area contributed by atoms with Gasteiger partial charge in [0.25, 0.3) is 0 Å². The Bertz CT molecular complexity index is 973. The fourth-order valence-corrected chi connectivity index (χ4v) is 6.94. The van der Waals surface area contributed by atoms with E-state index in [1.54, 1.807) is 37.3 Å². The third kappa shape index (κ3) is 2.75. The van der Waals surface area contributed by atoms with E-state index in [1.807, 2.05) is 0 Å². The second kappa shape index (κ2) is 7.42. The highest BCUT2D eigenvalue weighted by atomic mass is 16.8. The highest BCUT2D eigenvalue weighted by Gasteiger charge is 2.91. The molecule has 8 rings (SSSR count). The van der Waals surface area contributed by atoms with E-state index in [0.717, 1.165) is 0 Å². The van der Waals surface area contributed by atoms with Crippen LogP contribution in [0.4, 0.5) is 0 Å². The molecule has 3 saturated carbocycles. The Kier molecular flexibility index (Phi) is 4.97. The van der Waals surface area contributed by atoms with Crippen molar-refractivity contribution in [3.63, 3.8) is 0 Å². The van der Waals surface area contributed by atoms with Crippen molar-refractivity contribution in [3.05, 3.63) is 35.9 Å². The number of rotatable bonds is 6. The summed E-state index contributed by atoms with van der Waals surface area (Å²) < 4.78 is 29.5. The number of hydrogen-bond donors (Lipinski definition) is 5. The van der Waals surface area contributed by atoms with E-state index in [4.69, 9.17) is 23.7 Å². The van der Waals surface area contributed by atoms with E-state index < -0.39 is 84.3 Å². The number of aliphatic hydroxyl groups excluding tert-OH is 4. The van der Waals surface area contributed by atoms with Crippen molar-refractivity contribution in [2.45, 2.75) is 67.3 Å². The molecule has 7 aliphatic rings. The molecule has 0 aromatic heterocycles. The van der Waals surface area contributed by atoms with Crippen molar-refractivity contribution in [2.24, 2.45) is 17.8 Å². The van der Waals surface area contributed by atoms with Crippen LogP contribution in [0.5, 0.6) is 0 Å². The first-order chi connectivity index (χ1) is 16.1. The zero-order valence-electron chi connectivity index (χ0n) is 18.4. The van der Waals surface area contributed by atoms with Gasteiger partial charge in [-0.05, 0) is 19.1 Å². The average Bonchev–Trinajstić information content (AvgIpc) is 3.07. The van der Waals surface area contributed by atoms with E-state index in [2.05, 4.69) is 0 Å². The summed E-state index contributed by atoms with van der Waals surface area (Å²) in [5, 5.41) is 51.7. The van der Waals surface area contributed by atoms with Crippen LogP contribution in [0.3, 0.4) is 0 Å². The lowest BCUT2D eigenvalue weighted by atomic mass is 9.43. The lowest BCUT2D eigenvalue weighted by Crippen LogP contribution is -2.81. The van der Waals surface area contributed by atoms with Crippen molar-refractivity contribution < 1.29 is 54.0 Å². The van der Waals surface area contributed by atoms with Crippen molar-refractivity contribution >= 4 is 5.97 Å². The molecule has 0 radical (unpaired) electrons. The first kappa shape index (κ1) is 22.8. The number of carbonyl (C=O) groups is 1. The van der Waals surface area contributed by atoms with Gasteiger partial charge < -0.3 is 49.2 Å². The summed E-state index contributed by atoms with van der Waals surface area (Å²) in [6, 6.07) is 8.49. The number of benzene rings is 1. The Morgan fingerprint density at radius 1 is 1.09 bits per heavy atom. The summed E-state index contributed by atoms with van der Waals surface area (Å²) in [4.78, 5) is 12.6. The zero-order valence-corrected chi connectivity index (χ0v) is 18.4. The molecular formula is C23H28O11. The van der Waals surface area contributed by atoms with Crippen LogP contribution in [-0.2, 0) is 23.7 Å². The largest absolute Gasteiger partial charge is 0.462 e. The highest BCUT2D eigenvalue weighted by molar-refractivity contribution is 5.89. The number of esters is 1. The molecule has 1 aromatic carbocycles. The minimum atomic E-state index is -1.61. The normalized spacial score (nSPS) is 52.5. The third-order valence-electron chi connectivity index (χ3n) is 8.36. The summed E-state index contributed by atoms with van der Waals surface area (Å²) in [5.41, 5.74) is -1.86. The van der Waals surface area contributed by atoms with Crippen LogP contribution in [-0.4, -0.2) is 98.7 Å². The van der Waals surface area contributed by atoms with Gasteiger partial charge in [0.1, 0.15) is 35.6 Å². The monoisotopic (exact) mass is 480 g/mol. The van der Waals surface area contributed by atoms with Crippen LogP contribution in [0.15, 0.2) is 30.3 Å². The van der Waals surface area contributed by atoms with E-state index in [1.165, 1.54) is 0 Å². The first-order valence-corrected chi connectivity index (χ1v) is 11.4. The van der Waals surface area contributed by atoms with Crippen molar-refractivity contribution in [1.29, 1.82) is 0 Å². The predicted molar refractivity (Wildman–Crippen MR) is 109 cm³/mol. The molecule has 4 aliphatic heterocycles. The van der Waals surface area contributed by atoms with Crippen LogP contribution in [0.25, 0.3) is 0 Å². The van der Waals surface area contributed by atoms with Crippen molar-refractivity contribution in [2.75, 3.05) is 13.2 Å². The first-order valence-electron chi connectivity index (χ1n) is 11.4. The third-order valence-corrected chi connectivity index (χ3v) is 8.36. The standard InChI is InChI=1S/C23H28O11/c1-21-9-22(29)13-11(8-30-18(28)10-5-3-2-4-6-10)23(21,14(13)19(32-21)33-22)34-20-17(27)16(26)15(25)12(7-24)31-20/h2-6,11-17,19-20,24-27,29H,7-9H2,1H3/t11-,12+,13+,14-,15+,16-,17+,19-,20+,21-,22+,23+/m1/s1. The molecule has 4 saturated heterocycles. The quantitative estimate of drug-likeness (QED) is 0.301. The maximum absolute atomic E-state index is 12.6. The van der Waals surface area contributed by atoms with Gasteiger partial charge in [0.05, 0.1) is 24.7 Å². The van der Waals surface area contributed by atoms with Gasteiger partial charge in [-0.15, -0.1) is 0 Å². The lowest BCUT2D eigenvalue weighted by molar-refractivity contribution is -0.433. The number of carbonyl (C=O) groups excluding carboxylic acids is 1. The molecule has 4 heterocycles. The molecule has 7 fully saturated rings. The molecular weight excluding hydrogens is 452 g/mol. The molecule has 11 nitrogen and oxygen atoms in total. The summed E-state index contributed by atoms with van der Waals surface area (Å²) >= 11 is 0. The fourth-order valence-electron chi connectivity index (χ4n) is 6.94. The maximum Gasteiger partial charge on any atom is 0.338 e. The van der Waals surface area contributed by atoms with E-state index in [0.29, 0.717) is 5.56 Å². The Balaban J connectivity index is 1.30.